The summed E-state index contributed by atoms with van der Waals surface area (Å²) in [6.07, 6.45) is 5.85. The maximum atomic E-state index is 12.9. The predicted octanol–water partition coefficient (Wildman–Crippen LogP) is 3.23. The van der Waals surface area contributed by atoms with E-state index in [1.165, 1.54) is 0 Å². The van der Waals surface area contributed by atoms with Crippen molar-refractivity contribution in [2.24, 2.45) is 0 Å². The third kappa shape index (κ3) is 4.61. The maximum Gasteiger partial charge on any atom is 0.223 e. The van der Waals surface area contributed by atoms with E-state index >= 15 is 0 Å². The van der Waals surface area contributed by atoms with Crippen molar-refractivity contribution in [1.82, 2.24) is 25.2 Å². The van der Waals surface area contributed by atoms with Gasteiger partial charge in [-0.05, 0) is 44.4 Å². The number of benzene rings is 1. The minimum atomic E-state index is 0.144. The molecule has 33 heavy (non-hydrogen) atoms. The molecule has 2 aliphatic rings. The number of hydrogen-bond acceptors (Lipinski definition) is 7. The topological polar surface area (TPSA) is 92.3 Å². The van der Waals surface area contributed by atoms with Crippen LogP contribution in [0.15, 0.2) is 36.5 Å². The van der Waals surface area contributed by atoms with Crippen molar-refractivity contribution in [2.75, 3.05) is 32.1 Å². The highest BCUT2D eigenvalue weighted by atomic mass is 16.5. The van der Waals surface area contributed by atoms with Crippen molar-refractivity contribution < 1.29 is 9.53 Å². The number of carbonyl (C=O) groups is 1. The fraction of sp³-hybridized carbons (Fsp3) is 0.440. The second-order valence-corrected chi connectivity index (χ2v) is 8.60. The molecule has 172 valence electrons. The highest BCUT2D eigenvalue weighted by Gasteiger charge is 2.27. The summed E-state index contributed by atoms with van der Waals surface area (Å²) in [6.45, 7) is 2.72. The van der Waals surface area contributed by atoms with E-state index in [1.807, 2.05) is 42.3 Å². The van der Waals surface area contributed by atoms with E-state index in [0.717, 1.165) is 65.4 Å². The Morgan fingerprint density at radius 2 is 2.18 bits per heavy atom. The van der Waals surface area contributed by atoms with E-state index in [4.69, 9.17) is 14.7 Å². The van der Waals surface area contributed by atoms with E-state index in [-0.39, 0.29) is 11.9 Å². The second kappa shape index (κ2) is 9.70. The normalized spacial score (nSPS) is 17.7. The molecule has 8 heteroatoms. The number of ether oxygens (including phenoxy) is 1. The molecular formula is C25H30N6O2. The SMILES string of the molecule is CNc1nc([C@@H]2CCCN2)nc2c1CCN(C(=O)CCCOc1cccc3cccnc13)C2. The summed E-state index contributed by atoms with van der Waals surface area (Å²) in [6, 6.07) is 10.0. The molecule has 2 aliphatic heterocycles. The number of rotatable bonds is 7. The molecule has 1 atom stereocenters. The van der Waals surface area contributed by atoms with Gasteiger partial charge in [0.2, 0.25) is 5.91 Å². The molecule has 2 aromatic heterocycles. The van der Waals surface area contributed by atoms with E-state index in [0.29, 0.717) is 32.5 Å². The molecule has 1 aromatic carbocycles. The number of pyridine rings is 1. The summed E-state index contributed by atoms with van der Waals surface area (Å²) >= 11 is 0. The van der Waals surface area contributed by atoms with Gasteiger partial charge in [-0.1, -0.05) is 18.2 Å². The number of fused-ring (bicyclic) bond motifs is 2. The van der Waals surface area contributed by atoms with Gasteiger partial charge in [-0.15, -0.1) is 0 Å². The number of hydrogen-bond donors (Lipinski definition) is 2. The van der Waals surface area contributed by atoms with Gasteiger partial charge < -0.3 is 20.3 Å². The molecule has 0 unspecified atom stereocenters. The minimum Gasteiger partial charge on any atom is -0.491 e. The van der Waals surface area contributed by atoms with Crippen LogP contribution in [0.1, 0.15) is 48.8 Å². The zero-order chi connectivity index (χ0) is 22.6. The summed E-state index contributed by atoms with van der Waals surface area (Å²) in [5, 5.41) is 7.75. The van der Waals surface area contributed by atoms with Gasteiger partial charge in [0.15, 0.2) is 0 Å². The van der Waals surface area contributed by atoms with Crippen LogP contribution in [0, 0.1) is 0 Å². The Hall–Kier alpha value is -3.26. The maximum absolute atomic E-state index is 12.9. The first-order valence-corrected chi connectivity index (χ1v) is 11.8. The molecule has 1 saturated heterocycles. The lowest BCUT2D eigenvalue weighted by Crippen LogP contribution is -2.37. The fourth-order valence-electron chi connectivity index (χ4n) is 4.69. The van der Waals surface area contributed by atoms with Gasteiger partial charge in [0.05, 0.1) is 24.9 Å². The molecule has 1 amide bonds. The van der Waals surface area contributed by atoms with Gasteiger partial charge in [0.25, 0.3) is 0 Å². The van der Waals surface area contributed by atoms with Gasteiger partial charge in [-0.2, -0.15) is 0 Å². The van der Waals surface area contributed by atoms with Crippen LogP contribution in [0.25, 0.3) is 10.9 Å². The monoisotopic (exact) mass is 446 g/mol. The molecule has 2 N–H and O–H groups in total. The van der Waals surface area contributed by atoms with Crippen LogP contribution in [0.3, 0.4) is 0 Å². The van der Waals surface area contributed by atoms with Crippen molar-refractivity contribution in [3.8, 4) is 5.75 Å². The highest BCUT2D eigenvalue weighted by Crippen LogP contribution is 2.28. The Labute approximate surface area is 193 Å². The lowest BCUT2D eigenvalue weighted by molar-refractivity contribution is -0.132. The Kier molecular flexibility index (Phi) is 6.35. The Balaban J connectivity index is 1.19. The predicted molar refractivity (Wildman–Crippen MR) is 127 cm³/mol. The van der Waals surface area contributed by atoms with Gasteiger partial charge in [-0.25, -0.2) is 9.97 Å². The molecule has 5 rings (SSSR count). The second-order valence-electron chi connectivity index (χ2n) is 8.60. The van der Waals surface area contributed by atoms with Crippen LogP contribution in [0.5, 0.6) is 5.75 Å². The van der Waals surface area contributed by atoms with Crippen LogP contribution < -0.4 is 15.4 Å². The summed E-state index contributed by atoms with van der Waals surface area (Å²) in [7, 11) is 1.90. The van der Waals surface area contributed by atoms with Crippen molar-refractivity contribution >= 4 is 22.6 Å². The highest BCUT2D eigenvalue weighted by molar-refractivity contribution is 5.84. The number of nitrogens with zero attached hydrogens (tertiary/aromatic N) is 4. The summed E-state index contributed by atoms with van der Waals surface area (Å²) < 4.78 is 5.95. The minimum absolute atomic E-state index is 0.144. The van der Waals surface area contributed by atoms with Crippen LogP contribution in [0.4, 0.5) is 5.82 Å². The summed E-state index contributed by atoms with van der Waals surface area (Å²) in [4.78, 5) is 28.9. The number of para-hydroxylation sites is 1. The molecule has 0 saturated carbocycles. The largest absolute Gasteiger partial charge is 0.491 e. The van der Waals surface area contributed by atoms with E-state index < -0.39 is 0 Å². The Bertz CT molecular complexity index is 1140. The van der Waals surface area contributed by atoms with Crippen LogP contribution in [0.2, 0.25) is 0 Å². The smallest absolute Gasteiger partial charge is 0.223 e. The number of nitrogens with one attached hydrogen (secondary N) is 2. The molecule has 0 radical (unpaired) electrons. The van der Waals surface area contributed by atoms with E-state index in [2.05, 4.69) is 15.6 Å². The Morgan fingerprint density at radius 1 is 1.27 bits per heavy atom. The number of anilines is 1. The van der Waals surface area contributed by atoms with Crippen molar-refractivity contribution in [3.63, 3.8) is 0 Å². The molecular weight excluding hydrogens is 416 g/mol. The molecule has 4 heterocycles. The molecule has 0 spiro atoms. The van der Waals surface area contributed by atoms with Gasteiger partial charge in [0, 0.05) is 37.2 Å². The van der Waals surface area contributed by atoms with Gasteiger partial charge >= 0.3 is 0 Å². The molecule has 0 bridgehead atoms. The fourth-order valence-corrected chi connectivity index (χ4v) is 4.69. The molecule has 8 nitrogen and oxygen atoms in total. The quantitative estimate of drug-likeness (QED) is 0.538. The van der Waals surface area contributed by atoms with E-state index in [9.17, 15) is 4.79 Å². The molecule has 0 aliphatic carbocycles. The number of aromatic nitrogens is 3. The summed E-state index contributed by atoms with van der Waals surface area (Å²) in [5.41, 5.74) is 2.96. The first-order chi connectivity index (χ1) is 16.2. The lowest BCUT2D eigenvalue weighted by Gasteiger charge is -2.30. The van der Waals surface area contributed by atoms with Crippen molar-refractivity contribution in [2.45, 2.75) is 44.7 Å². The average Bonchev–Trinajstić information content (AvgIpc) is 3.40. The van der Waals surface area contributed by atoms with Gasteiger partial charge in [0.1, 0.15) is 22.9 Å². The third-order valence-corrected chi connectivity index (χ3v) is 6.43. The van der Waals surface area contributed by atoms with Crippen LogP contribution in [-0.4, -0.2) is 52.5 Å². The average molecular weight is 447 g/mol. The standard InChI is InChI=1S/C25H30N6O2/c1-26-24-18-11-14-31(16-20(18)29-25(30-24)19-8-4-12-27-19)22(32)10-5-15-33-21-9-2-6-17-7-3-13-28-23(17)21/h2-3,6-7,9,13,19,27H,4-5,8,10-12,14-16H2,1H3,(H,26,29,30)/t19-/m0/s1. The van der Waals surface area contributed by atoms with Crippen molar-refractivity contribution in [3.05, 3.63) is 53.6 Å². The lowest BCUT2D eigenvalue weighted by atomic mass is 10.0. The molecule has 1 fully saturated rings. The van der Waals surface area contributed by atoms with Gasteiger partial charge in [-0.3, -0.25) is 9.78 Å². The zero-order valence-corrected chi connectivity index (χ0v) is 19.0. The number of carbonyl (C=O) groups excluding carboxylic acids is 1. The van der Waals surface area contributed by atoms with Crippen LogP contribution in [-0.2, 0) is 17.8 Å². The van der Waals surface area contributed by atoms with Crippen LogP contribution >= 0.6 is 0 Å². The zero-order valence-electron chi connectivity index (χ0n) is 19.0. The molecule has 3 aromatic rings. The van der Waals surface area contributed by atoms with Crippen molar-refractivity contribution in [1.29, 1.82) is 0 Å². The number of amides is 1. The summed E-state index contributed by atoms with van der Waals surface area (Å²) in [5.74, 6) is 2.64. The first kappa shape index (κ1) is 21.6. The third-order valence-electron chi connectivity index (χ3n) is 6.43. The van der Waals surface area contributed by atoms with E-state index in [1.54, 1.807) is 6.20 Å². The Morgan fingerprint density at radius 3 is 3.03 bits per heavy atom. The first-order valence-electron chi connectivity index (χ1n) is 11.8.